The lowest BCUT2D eigenvalue weighted by Gasteiger charge is -2.01. The highest BCUT2D eigenvalue weighted by Crippen LogP contribution is 2.22. The molecule has 0 aliphatic rings. The summed E-state index contributed by atoms with van der Waals surface area (Å²) in [6.45, 7) is 4.22. The summed E-state index contributed by atoms with van der Waals surface area (Å²) in [5.41, 5.74) is 3.70. The van der Waals surface area contributed by atoms with Gasteiger partial charge in [-0.3, -0.25) is 0 Å². The third-order valence-electron chi connectivity index (χ3n) is 2.39. The van der Waals surface area contributed by atoms with Crippen molar-refractivity contribution in [3.05, 3.63) is 35.5 Å². The largest absolute Gasteiger partial charge is 0.417 e. The summed E-state index contributed by atoms with van der Waals surface area (Å²) in [5.74, 6) is 0. The summed E-state index contributed by atoms with van der Waals surface area (Å²) in [6, 6.07) is 6.24. The topological polar surface area (TPSA) is 14.2 Å². The van der Waals surface area contributed by atoms with E-state index in [2.05, 4.69) is 26.0 Å². The highest BCUT2D eigenvalue weighted by atomic mass is 16.6. The number of benzene rings is 1. The standard InChI is InChI=1S/C11H13NO/c1-8-5-4-6-10-11(8)9(2)7-12(10)13-3/h4-7H,1-3H3. The summed E-state index contributed by atoms with van der Waals surface area (Å²) in [6.07, 6.45) is 2.01. The van der Waals surface area contributed by atoms with Crippen LogP contribution in [0.1, 0.15) is 11.1 Å². The van der Waals surface area contributed by atoms with Crippen molar-refractivity contribution >= 4 is 10.9 Å². The number of rotatable bonds is 1. The molecular formula is C11H13NO. The number of nitrogens with zero attached hydrogens (tertiary/aromatic N) is 1. The van der Waals surface area contributed by atoms with E-state index < -0.39 is 0 Å². The van der Waals surface area contributed by atoms with Crippen LogP contribution in [0.4, 0.5) is 0 Å². The van der Waals surface area contributed by atoms with Crippen molar-refractivity contribution < 1.29 is 4.84 Å². The maximum atomic E-state index is 5.22. The number of fused-ring (bicyclic) bond motifs is 1. The molecule has 0 saturated carbocycles. The smallest absolute Gasteiger partial charge is 0.104 e. The van der Waals surface area contributed by atoms with Crippen molar-refractivity contribution in [1.82, 2.24) is 4.73 Å². The molecule has 0 N–H and O–H groups in total. The molecule has 0 spiro atoms. The van der Waals surface area contributed by atoms with E-state index in [0.717, 1.165) is 5.52 Å². The molecule has 0 fully saturated rings. The molecule has 0 saturated heterocycles. The van der Waals surface area contributed by atoms with Crippen LogP contribution in [0.5, 0.6) is 0 Å². The molecule has 0 aliphatic carbocycles. The maximum absolute atomic E-state index is 5.22. The normalized spacial score (nSPS) is 10.7. The fraction of sp³-hybridized carbons (Fsp3) is 0.273. The molecule has 1 aromatic carbocycles. The van der Waals surface area contributed by atoms with Crippen molar-refractivity contribution in [2.75, 3.05) is 7.11 Å². The fourth-order valence-corrected chi connectivity index (χ4v) is 1.81. The SMILES string of the molecule is COn1cc(C)c2c(C)cccc21. The molecule has 68 valence electrons. The van der Waals surface area contributed by atoms with Gasteiger partial charge in [-0.05, 0) is 31.0 Å². The van der Waals surface area contributed by atoms with Gasteiger partial charge < -0.3 is 4.84 Å². The molecule has 2 rings (SSSR count). The molecule has 2 heteroatoms. The summed E-state index contributed by atoms with van der Waals surface area (Å²) in [5, 5.41) is 1.30. The Morgan fingerprint density at radius 2 is 1.92 bits per heavy atom. The van der Waals surface area contributed by atoms with Crippen LogP contribution < -0.4 is 4.84 Å². The van der Waals surface area contributed by atoms with Gasteiger partial charge in [-0.15, -0.1) is 0 Å². The van der Waals surface area contributed by atoms with Crippen molar-refractivity contribution in [1.29, 1.82) is 0 Å². The van der Waals surface area contributed by atoms with Crippen molar-refractivity contribution in [3.63, 3.8) is 0 Å². The predicted octanol–water partition coefficient (Wildman–Crippen LogP) is 2.32. The molecule has 13 heavy (non-hydrogen) atoms. The monoisotopic (exact) mass is 175 g/mol. The van der Waals surface area contributed by atoms with Crippen molar-refractivity contribution in [3.8, 4) is 0 Å². The van der Waals surface area contributed by atoms with Crippen LogP contribution in [-0.4, -0.2) is 11.8 Å². The molecule has 2 aromatic rings. The van der Waals surface area contributed by atoms with Gasteiger partial charge in [-0.1, -0.05) is 12.1 Å². The van der Waals surface area contributed by atoms with E-state index in [4.69, 9.17) is 4.84 Å². The molecule has 2 nitrogen and oxygen atoms in total. The number of aromatic nitrogens is 1. The maximum Gasteiger partial charge on any atom is 0.104 e. The second-order valence-electron chi connectivity index (χ2n) is 3.29. The average Bonchev–Trinajstić information content (AvgIpc) is 2.44. The molecular weight excluding hydrogens is 162 g/mol. The molecule has 0 radical (unpaired) electrons. The highest BCUT2D eigenvalue weighted by Gasteiger charge is 2.06. The lowest BCUT2D eigenvalue weighted by atomic mass is 10.1. The molecule has 1 aromatic heterocycles. The van der Waals surface area contributed by atoms with E-state index in [-0.39, 0.29) is 0 Å². The Morgan fingerprint density at radius 1 is 1.15 bits per heavy atom. The van der Waals surface area contributed by atoms with E-state index in [1.54, 1.807) is 11.8 Å². The minimum Gasteiger partial charge on any atom is -0.417 e. The van der Waals surface area contributed by atoms with Gasteiger partial charge in [0.25, 0.3) is 0 Å². The predicted molar refractivity (Wildman–Crippen MR) is 53.9 cm³/mol. The second kappa shape index (κ2) is 2.80. The van der Waals surface area contributed by atoms with Crippen LogP contribution in [0, 0.1) is 13.8 Å². The Bertz CT molecular complexity index is 443. The quantitative estimate of drug-likeness (QED) is 0.648. The third-order valence-corrected chi connectivity index (χ3v) is 2.39. The zero-order chi connectivity index (χ0) is 9.42. The molecule has 0 bridgehead atoms. The summed E-state index contributed by atoms with van der Waals surface area (Å²) in [7, 11) is 1.68. The van der Waals surface area contributed by atoms with Crippen LogP contribution in [0.3, 0.4) is 0 Å². The number of hydrogen-bond donors (Lipinski definition) is 0. The van der Waals surface area contributed by atoms with Crippen LogP contribution >= 0.6 is 0 Å². The number of hydrogen-bond acceptors (Lipinski definition) is 1. The van der Waals surface area contributed by atoms with Gasteiger partial charge in [-0.2, -0.15) is 4.73 Å². The average molecular weight is 175 g/mol. The Hall–Kier alpha value is -1.44. The minimum atomic E-state index is 1.14. The van der Waals surface area contributed by atoms with E-state index in [1.165, 1.54) is 16.5 Å². The van der Waals surface area contributed by atoms with Crippen LogP contribution in [0.2, 0.25) is 0 Å². The first-order valence-electron chi connectivity index (χ1n) is 4.36. The van der Waals surface area contributed by atoms with Crippen LogP contribution in [0.25, 0.3) is 10.9 Å². The van der Waals surface area contributed by atoms with E-state index in [0.29, 0.717) is 0 Å². The second-order valence-corrected chi connectivity index (χ2v) is 3.29. The van der Waals surface area contributed by atoms with Crippen molar-refractivity contribution in [2.24, 2.45) is 0 Å². The Morgan fingerprint density at radius 3 is 2.62 bits per heavy atom. The summed E-state index contributed by atoms with van der Waals surface area (Å²) >= 11 is 0. The molecule has 1 heterocycles. The minimum absolute atomic E-state index is 1.14. The van der Waals surface area contributed by atoms with Gasteiger partial charge in [0.05, 0.1) is 5.52 Å². The fourth-order valence-electron chi connectivity index (χ4n) is 1.81. The van der Waals surface area contributed by atoms with Gasteiger partial charge in [0.15, 0.2) is 0 Å². The first-order chi connectivity index (χ1) is 6.24. The highest BCUT2D eigenvalue weighted by molar-refractivity contribution is 5.86. The molecule has 0 aliphatic heterocycles. The molecule has 0 atom stereocenters. The first-order valence-corrected chi connectivity index (χ1v) is 4.36. The lowest BCUT2D eigenvalue weighted by Crippen LogP contribution is -2.02. The Kier molecular flexibility index (Phi) is 1.76. The molecule has 0 amide bonds. The third kappa shape index (κ3) is 1.10. The first kappa shape index (κ1) is 8.17. The Labute approximate surface area is 77.7 Å². The van der Waals surface area contributed by atoms with E-state index in [1.807, 2.05) is 12.3 Å². The lowest BCUT2D eigenvalue weighted by molar-refractivity contribution is 0.179. The zero-order valence-electron chi connectivity index (χ0n) is 8.16. The number of aryl methyl sites for hydroxylation is 2. The van der Waals surface area contributed by atoms with Gasteiger partial charge in [0.2, 0.25) is 0 Å². The van der Waals surface area contributed by atoms with Crippen molar-refractivity contribution in [2.45, 2.75) is 13.8 Å². The summed E-state index contributed by atoms with van der Waals surface area (Å²) < 4.78 is 1.80. The molecule has 0 unspecified atom stereocenters. The van der Waals surface area contributed by atoms with Gasteiger partial charge >= 0.3 is 0 Å². The van der Waals surface area contributed by atoms with Crippen LogP contribution in [-0.2, 0) is 0 Å². The van der Waals surface area contributed by atoms with Crippen LogP contribution in [0.15, 0.2) is 24.4 Å². The summed E-state index contributed by atoms with van der Waals surface area (Å²) in [4.78, 5) is 5.22. The van der Waals surface area contributed by atoms with E-state index in [9.17, 15) is 0 Å². The Balaban J connectivity index is 2.87. The zero-order valence-corrected chi connectivity index (χ0v) is 8.16. The van der Waals surface area contributed by atoms with Gasteiger partial charge in [-0.25, -0.2) is 0 Å². The van der Waals surface area contributed by atoms with E-state index >= 15 is 0 Å². The van der Waals surface area contributed by atoms with Gasteiger partial charge in [0.1, 0.15) is 7.11 Å². The van der Waals surface area contributed by atoms with Gasteiger partial charge in [0, 0.05) is 11.6 Å².